The third-order valence-corrected chi connectivity index (χ3v) is 5.59. The molecule has 1 amide bonds. The van der Waals surface area contributed by atoms with E-state index in [-0.39, 0.29) is 17.1 Å². The van der Waals surface area contributed by atoms with Gasteiger partial charge in [0.1, 0.15) is 0 Å². The van der Waals surface area contributed by atoms with E-state index in [0.717, 1.165) is 29.3 Å². The fraction of sp³-hybridized carbons (Fsp3) is 0.714. The number of rotatable bonds is 2. The summed E-state index contributed by atoms with van der Waals surface area (Å²) >= 11 is 1.49. The van der Waals surface area contributed by atoms with Crippen LogP contribution in [-0.2, 0) is 14.1 Å². The Hall–Kier alpha value is -0.915. The Balaban J connectivity index is 1.78. The van der Waals surface area contributed by atoms with Crippen molar-refractivity contribution in [1.29, 1.82) is 0 Å². The molecule has 1 aromatic heterocycles. The maximum Gasteiger partial charge on any atom is 0.507 e. The topological polar surface area (TPSA) is 51.7 Å². The number of carbonyl (C=O) groups is 1. The van der Waals surface area contributed by atoms with Crippen molar-refractivity contribution in [2.24, 2.45) is 0 Å². The van der Waals surface area contributed by atoms with Crippen molar-refractivity contribution in [1.82, 2.24) is 4.98 Å². The van der Waals surface area contributed by atoms with Crippen molar-refractivity contribution in [3.05, 3.63) is 6.20 Å². The minimum absolute atomic E-state index is 0.163. The Morgan fingerprint density at radius 1 is 1.24 bits per heavy atom. The van der Waals surface area contributed by atoms with Crippen molar-refractivity contribution >= 4 is 34.3 Å². The zero-order valence-electron chi connectivity index (χ0n) is 13.0. The summed E-state index contributed by atoms with van der Waals surface area (Å²) in [6, 6.07) is 0. The van der Waals surface area contributed by atoms with E-state index in [1.807, 2.05) is 27.7 Å². The summed E-state index contributed by atoms with van der Waals surface area (Å²) in [6.07, 6.45) is 4.40. The van der Waals surface area contributed by atoms with Crippen LogP contribution >= 0.6 is 11.3 Å². The fourth-order valence-corrected chi connectivity index (χ4v) is 3.40. The van der Waals surface area contributed by atoms with Gasteiger partial charge in [0.15, 0.2) is 5.13 Å². The second kappa shape index (κ2) is 5.07. The lowest BCUT2D eigenvalue weighted by Crippen LogP contribution is -2.41. The first kappa shape index (κ1) is 15.0. The SMILES string of the molecule is CC1(C)OB(c2cnc(N3CCCCC3=O)s2)OC1(C)C. The third-order valence-electron chi connectivity index (χ3n) is 4.55. The van der Waals surface area contributed by atoms with Gasteiger partial charge in [-0.2, -0.15) is 0 Å². The van der Waals surface area contributed by atoms with Crippen LogP contribution in [0.1, 0.15) is 47.0 Å². The van der Waals surface area contributed by atoms with Gasteiger partial charge in [-0.15, -0.1) is 11.3 Å². The molecular formula is C14H21BN2O3S. The highest BCUT2D eigenvalue weighted by Crippen LogP contribution is 2.37. The van der Waals surface area contributed by atoms with Gasteiger partial charge in [0.25, 0.3) is 0 Å². The summed E-state index contributed by atoms with van der Waals surface area (Å²) in [4.78, 5) is 18.1. The second-order valence-electron chi connectivity index (χ2n) is 6.64. The van der Waals surface area contributed by atoms with Gasteiger partial charge in [-0.1, -0.05) is 0 Å². The average molecular weight is 308 g/mol. The number of aromatic nitrogens is 1. The van der Waals surface area contributed by atoms with Crippen LogP contribution in [0.3, 0.4) is 0 Å². The molecule has 5 nitrogen and oxygen atoms in total. The highest BCUT2D eigenvalue weighted by Gasteiger charge is 2.52. The van der Waals surface area contributed by atoms with E-state index in [0.29, 0.717) is 6.42 Å². The second-order valence-corrected chi connectivity index (χ2v) is 7.68. The zero-order valence-corrected chi connectivity index (χ0v) is 13.8. The first-order valence-electron chi connectivity index (χ1n) is 7.42. The average Bonchev–Trinajstić information content (AvgIpc) is 2.94. The molecule has 0 aromatic carbocycles. The van der Waals surface area contributed by atoms with Crippen LogP contribution in [0.25, 0.3) is 0 Å². The van der Waals surface area contributed by atoms with E-state index in [1.54, 1.807) is 11.1 Å². The van der Waals surface area contributed by atoms with Gasteiger partial charge < -0.3 is 9.31 Å². The first-order valence-corrected chi connectivity index (χ1v) is 8.23. The molecule has 0 unspecified atom stereocenters. The van der Waals surface area contributed by atoms with Gasteiger partial charge in [-0.25, -0.2) is 4.98 Å². The summed E-state index contributed by atoms with van der Waals surface area (Å²) < 4.78 is 13.0. The predicted octanol–water partition coefficient (Wildman–Crippen LogP) is 1.96. The molecule has 2 aliphatic rings. The molecule has 0 N–H and O–H groups in total. The van der Waals surface area contributed by atoms with Crippen molar-refractivity contribution < 1.29 is 14.1 Å². The lowest BCUT2D eigenvalue weighted by Gasteiger charge is -2.32. The van der Waals surface area contributed by atoms with E-state index in [9.17, 15) is 4.79 Å². The number of piperidine rings is 1. The van der Waals surface area contributed by atoms with Crippen molar-refractivity contribution in [3.63, 3.8) is 0 Å². The van der Waals surface area contributed by atoms with Crippen LogP contribution in [0.15, 0.2) is 6.20 Å². The van der Waals surface area contributed by atoms with Gasteiger partial charge >= 0.3 is 7.12 Å². The number of nitrogens with zero attached hydrogens (tertiary/aromatic N) is 2. The van der Waals surface area contributed by atoms with E-state index < -0.39 is 7.12 Å². The molecule has 0 spiro atoms. The Morgan fingerprint density at radius 2 is 1.90 bits per heavy atom. The van der Waals surface area contributed by atoms with Crippen molar-refractivity contribution in [3.8, 4) is 0 Å². The smallest absolute Gasteiger partial charge is 0.399 e. The minimum atomic E-state index is -0.402. The van der Waals surface area contributed by atoms with Gasteiger partial charge in [-0.3, -0.25) is 9.69 Å². The van der Waals surface area contributed by atoms with Crippen molar-refractivity contribution in [2.45, 2.75) is 58.2 Å². The van der Waals surface area contributed by atoms with Crippen LogP contribution in [0.5, 0.6) is 0 Å². The molecule has 2 aliphatic heterocycles. The number of carbonyl (C=O) groups excluding carboxylic acids is 1. The molecule has 2 saturated heterocycles. The quantitative estimate of drug-likeness (QED) is 0.784. The lowest BCUT2D eigenvalue weighted by molar-refractivity contribution is -0.119. The van der Waals surface area contributed by atoms with E-state index >= 15 is 0 Å². The standard InChI is InChI=1S/C14H21BN2O3S/c1-13(2)14(3,4)20-15(19-13)10-9-16-12(21-10)17-8-6-5-7-11(17)18/h9H,5-8H2,1-4H3. The summed E-state index contributed by atoms with van der Waals surface area (Å²) in [7, 11) is -0.402. The highest BCUT2D eigenvalue weighted by molar-refractivity contribution is 7.25. The number of thiazole rings is 1. The van der Waals surface area contributed by atoms with Gasteiger partial charge in [0, 0.05) is 19.2 Å². The Bertz CT molecular complexity index is 542. The molecule has 0 atom stereocenters. The summed E-state index contributed by atoms with van der Waals surface area (Å²) in [5.41, 5.74) is -0.717. The van der Waals surface area contributed by atoms with Crippen LogP contribution in [0, 0.1) is 0 Å². The van der Waals surface area contributed by atoms with Gasteiger partial charge in [-0.05, 0) is 40.5 Å². The number of amides is 1. The summed E-state index contributed by atoms with van der Waals surface area (Å²) in [5.74, 6) is 0.163. The Kier molecular flexibility index (Phi) is 3.62. The zero-order chi connectivity index (χ0) is 15.3. The molecule has 0 radical (unpaired) electrons. The molecule has 0 aliphatic carbocycles. The van der Waals surface area contributed by atoms with Crippen LogP contribution in [0.2, 0.25) is 0 Å². The largest absolute Gasteiger partial charge is 0.507 e. The monoisotopic (exact) mass is 308 g/mol. The third kappa shape index (κ3) is 2.62. The molecule has 3 rings (SSSR count). The normalized spacial score (nSPS) is 24.7. The Morgan fingerprint density at radius 3 is 2.52 bits per heavy atom. The maximum absolute atomic E-state index is 12.0. The fourth-order valence-electron chi connectivity index (χ4n) is 2.48. The summed E-state index contributed by atoms with van der Waals surface area (Å²) in [6.45, 7) is 8.88. The van der Waals surface area contributed by atoms with Gasteiger partial charge in [0.2, 0.25) is 5.91 Å². The van der Waals surface area contributed by atoms with Gasteiger partial charge in [0.05, 0.1) is 16.0 Å². The number of hydrogen-bond donors (Lipinski definition) is 0. The van der Waals surface area contributed by atoms with Crippen molar-refractivity contribution in [2.75, 3.05) is 11.4 Å². The molecular weight excluding hydrogens is 287 g/mol. The van der Waals surface area contributed by atoms with Crippen LogP contribution in [-0.4, -0.2) is 35.8 Å². The molecule has 2 fully saturated rings. The molecule has 0 bridgehead atoms. The molecule has 1 aromatic rings. The molecule has 21 heavy (non-hydrogen) atoms. The number of hydrogen-bond acceptors (Lipinski definition) is 5. The van der Waals surface area contributed by atoms with E-state index in [1.165, 1.54) is 11.3 Å². The lowest BCUT2D eigenvalue weighted by atomic mass is 9.89. The van der Waals surface area contributed by atoms with Crippen LogP contribution < -0.4 is 9.68 Å². The molecule has 114 valence electrons. The Labute approximate surface area is 129 Å². The first-order chi connectivity index (χ1) is 9.80. The molecule has 3 heterocycles. The molecule has 0 saturated carbocycles. The molecule has 7 heteroatoms. The highest BCUT2D eigenvalue weighted by atomic mass is 32.1. The van der Waals surface area contributed by atoms with E-state index in [2.05, 4.69) is 4.98 Å². The number of anilines is 1. The predicted molar refractivity (Wildman–Crippen MR) is 84.0 cm³/mol. The summed E-state index contributed by atoms with van der Waals surface area (Å²) in [5, 5.41) is 0.754. The van der Waals surface area contributed by atoms with E-state index in [4.69, 9.17) is 9.31 Å². The maximum atomic E-state index is 12.0. The minimum Gasteiger partial charge on any atom is -0.399 e. The van der Waals surface area contributed by atoms with Crippen LogP contribution in [0.4, 0.5) is 5.13 Å².